The molecule has 7 nitrogen and oxygen atoms in total. The third-order valence-corrected chi connectivity index (χ3v) is 6.10. The highest BCUT2D eigenvalue weighted by Crippen LogP contribution is 2.22. The molecule has 3 aliphatic rings. The molecule has 1 atom stereocenters. The van der Waals surface area contributed by atoms with E-state index in [1.165, 1.54) is 0 Å². The number of hydrogen-bond acceptors (Lipinski definition) is 5. The summed E-state index contributed by atoms with van der Waals surface area (Å²) in [5, 5.41) is 3.28. The highest BCUT2D eigenvalue weighted by molar-refractivity contribution is 5.94. The molecule has 1 N–H and O–H groups in total. The van der Waals surface area contributed by atoms with Gasteiger partial charge in [0.15, 0.2) is 0 Å². The van der Waals surface area contributed by atoms with Crippen LogP contribution in [0.25, 0.3) is 0 Å². The van der Waals surface area contributed by atoms with Crippen molar-refractivity contribution in [2.24, 2.45) is 5.92 Å². The third kappa shape index (κ3) is 4.63. The highest BCUT2D eigenvalue weighted by Gasteiger charge is 2.28. The van der Waals surface area contributed by atoms with Crippen LogP contribution in [0.4, 0.5) is 5.82 Å². The monoisotopic (exact) mass is 386 g/mol. The topological polar surface area (TPSA) is 74.8 Å². The summed E-state index contributed by atoms with van der Waals surface area (Å²) in [6, 6.07) is 3.72. The Kier molecular flexibility index (Phi) is 6.10. The molecule has 152 valence electrons. The Balaban J connectivity index is 1.23. The van der Waals surface area contributed by atoms with E-state index in [1.54, 1.807) is 6.20 Å². The van der Waals surface area contributed by atoms with Gasteiger partial charge in [-0.25, -0.2) is 4.98 Å². The third-order valence-electron chi connectivity index (χ3n) is 6.10. The van der Waals surface area contributed by atoms with E-state index in [1.807, 2.05) is 21.9 Å². The molecule has 0 saturated carbocycles. The molecule has 0 spiro atoms. The molecule has 2 amide bonds. The second kappa shape index (κ2) is 8.90. The standard InChI is InChI=1S/C21H30N4O3/c26-20-4-1-9-25(20)15-16-7-10-24(11-8-16)21(27)17-5-6-19(22-13-17)23-14-18-3-2-12-28-18/h5-6,13,16,18H,1-4,7-12,14-15H2,(H,22,23)/t18-/m1/s1. The summed E-state index contributed by atoms with van der Waals surface area (Å²) in [7, 11) is 0. The number of nitrogens with zero attached hydrogens (tertiary/aromatic N) is 3. The SMILES string of the molecule is O=C1CCCN1CC1CCN(C(=O)c2ccc(NC[C@H]3CCCO3)nc2)CC1. The molecule has 0 unspecified atom stereocenters. The van der Waals surface area contributed by atoms with Crippen LogP contribution in [0.5, 0.6) is 0 Å². The van der Waals surface area contributed by atoms with Gasteiger partial charge in [0.2, 0.25) is 5.91 Å². The minimum Gasteiger partial charge on any atom is -0.376 e. The maximum atomic E-state index is 12.8. The first-order valence-corrected chi connectivity index (χ1v) is 10.6. The molecular formula is C21H30N4O3. The van der Waals surface area contributed by atoms with Crippen LogP contribution >= 0.6 is 0 Å². The number of pyridine rings is 1. The maximum Gasteiger partial charge on any atom is 0.255 e. The van der Waals surface area contributed by atoms with Gasteiger partial charge >= 0.3 is 0 Å². The average Bonchev–Trinajstić information content (AvgIpc) is 3.39. The van der Waals surface area contributed by atoms with Crippen molar-refractivity contribution in [2.75, 3.05) is 44.6 Å². The summed E-state index contributed by atoms with van der Waals surface area (Å²) in [6.07, 6.45) is 7.75. The van der Waals surface area contributed by atoms with Crippen LogP contribution in [0.15, 0.2) is 18.3 Å². The van der Waals surface area contributed by atoms with Crippen molar-refractivity contribution < 1.29 is 14.3 Å². The summed E-state index contributed by atoms with van der Waals surface area (Å²) in [5.41, 5.74) is 0.635. The fourth-order valence-corrected chi connectivity index (χ4v) is 4.36. The first kappa shape index (κ1) is 19.2. The van der Waals surface area contributed by atoms with E-state index in [4.69, 9.17) is 4.74 Å². The van der Waals surface area contributed by atoms with Crippen molar-refractivity contribution in [1.82, 2.24) is 14.8 Å². The summed E-state index contributed by atoms with van der Waals surface area (Å²) in [6.45, 7) is 4.87. The lowest BCUT2D eigenvalue weighted by atomic mass is 9.96. The van der Waals surface area contributed by atoms with Crippen molar-refractivity contribution in [2.45, 2.75) is 44.6 Å². The van der Waals surface area contributed by atoms with Crippen LogP contribution in [0, 0.1) is 5.92 Å². The molecular weight excluding hydrogens is 356 g/mol. The van der Waals surface area contributed by atoms with Gasteiger partial charge in [0.25, 0.3) is 5.91 Å². The largest absolute Gasteiger partial charge is 0.376 e. The number of carbonyl (C=O) groups excluding carboxylic acids is 2. The number of rotatable bonds is 6. The van der Waals surface area contributed by atoms with Gasteiger partial charge in [0.05, 0.1) is 11.7 Å². The van der Waals surface area contributed by atoms with E-state index in [0.29, 0.717) is 17.9 Å². The Morgan fingerprint density at radius 2 is 2.04 bits per heavy atom. The Hall–Kier alpha value is -2.15. The van der Waals surface area contributed by atoms with Gasteiger partial charge in [-0.3, -0.25) is 9.59 Å². The van der Waals surface area contributed by atoms with E-state index >= 15 is 0 Å². The number of likely N-dealkylation sites (tertiary alicyclic amines) is 2. The molecule has 0 radical (unpaired) electrons. The molecule has 7 heteroatoms. The van der Waals surface area contributed by atoms with Crippen molar-refractivity contribution in [3.8, 4) is 0 Å². The van der Waals surface area contributed by atoms with E-state index in [0.717, 1.165) is 77.3 Å². The van der Waals surface area contributed by atoms with Gasteiger partial charge < -0.3 is 19.9 Å². The summed E-state index contributed by atoms with van der Waals surface area (Å²) < 4.78 is 5.60. The normalized spacial score (nSPS) is 23.4. The number of hydrogen-bond donors (Lipinski definition) is 1. The Bertz CT molecular complexity index is 679. The molecule has 1 aromatic heterocycles. The zero-order valence-electron chi connectivity index (χ0n) is 16.4. The Morgan fingerprint density at radius 3 is 2.68 bits per heavy atom. The molecule has 3 fully saturated rings. The van der Waals surface area contributed by atoms with Crippen molar-refractivity contribution in [3.05, 3.63) is 23.9 Å². The lowest BCUT2D eigenvalue weighted by Gasteiger charge is -2.34. The number of piperidine rings is 1. The molecule has 1 aromatic rings. The summed E-state index contributed by atoms with van der Waals surface area (Å²) >= 11 is 0. The number of ether oxygens (including phenoxy) is 1. The first-order chi connectivity index (χ1) is 13.7. The number of amides is 2. The predicted molar refractivity (Wildman–Crippen MR) is 106 cm³/mol. The highest BCUT2D eigenvalue weighted by atomic mass is 16.5. The van der Waals surface area contributed by atoms with E-state index in [2.05, 4.69) is 10.3 Å². The van der Waals surface area contributed by atoms with Crippen LogP contribution in [-0.4, -0.2) is 72.0 Å². The Labute approximate surface area is 166 Å². The van der Waals surface area contributed by atoms with Gasteiger partial charge in [-0.05, 0) is 50.2 Å². The van der Waals surface area contributed by atoms with Gasteiger partial charge in [-0.15, -0.1) is 0 Å². The zero-order chi connectivity index (χ0) is 19.3. The zero-order valence-corrected chi connectivity index (χ0v) is 16.4. The smallest absolute Gasteiger partial charge is 0.255 e. The Morgan fingerprint density at radius 1 is 1.18 bits per heavy atom. The molecule has 0 bridgehead atoms. The van der Waals surface area contributed by atoms with Crippen LogP contribution < -0.4 is 5.32 Å². The van der Waals surface area contributed by atoms with Gasteiger partial charge in [0, 0.05) is 51.9 Å². The second-order valence-corrected chi connectivity index (χ2v) is 8.13. The first-order valence-electron chi connectivity index (χ1n) is 10.6. The van der Waals surface area contributed by atoms with Crippen LogP contribution in [0.2, 0.25) is 0 Å². The minimum atomic E-state index is 0.0499. The van der Waals surface area contributed by atoms with Gasteiger partial charge in [-0.1, -0.05) is 0 Å². The van der Waals surface area contributed by atoms with Crippen LogP contribution in [-0.2, 0) is 9.53 Å². The molecule has 0 aromatic carbocycles. The molecule has 4 rings (SSSR count). The fraction of sp³-hybridized carbons (Fsp3) is 0.667. The van der Waals surface area contributed by atoms with Crippen molar-refractivity contribution in [1.29, 1.82) is 0 Å². The number of anilines is 1. The van der Waals surface area contributed by atoms with E-state index in [-0.39, 0.29) is 17.9 Å². The van der Waals surface area contributed by atoms with Gasteiger partial charge in [0.1, 0.15) is 5.82 Å². The molecule has 4 heterocycles. The average molecular weight is 386 g/mol. The minimum absolute atomic E-state index is 0.0499. The summed E-state index contributed by atoms with van der Waals surface area (Å²) in [5.74, 6) is 1.63. The van der Waals surface area contributed by atoms with Gasteiger partial charge in [-0.2, -0.15) is 0 Å². The van der Waals surface area contributed by atoms with Crippen molar-refractivity contribution >= 4 is 17.6 Å². The fourth-order valence-electron chi connectivity index (χ4n) is 4.36. The molecule has 28 heavy (non-hydrogen) atoms. The van der Waals surface area contributed by atoms with Crippen LogP contribution in [0.1, 0.15) is 48.9 Å². The lowest BCUT2D eigenvalue weighted by Crippen LogP contribution is -2.41. The number of nitrogens with one attached hydrogen (secondary N) is 1. The molecule has 3 saturated heterocycles. The second-order valence-electron chi connectivity index (χ2n) is 8.13. The number of aromatic nitrogens is 1. The predicted octanol–water partition coefficient (Wildman–Crippen LogP) is 2.15. The molecule has 3 aliphatic heterocycles. The lowest BCUT2D eigenvalue weighted by molar-refractivity contribution is -0.128. The quantitative estimate of drug-likeness (QED) is 0.811. The van der Waals surface area contributed by atoms with Crippen molar-refractivity contribution in [3.63, 3.8) is 0 Å². The van der Waals surface area contributed by atoms with E-state index in [9.17, 15) is 9.59 Å². The van der Waals surface area contributed by atoms with E-state index < -0.39 is 0 Å². The van der Waals surface area contributed by atoms with Crippen LogP contribution in [0.3, 0.4) is 0 Å². The maximum absolute atomic E-state index is 12.8. The number of carbonyl (C=O) groups is 2. The summed E-state index contributed by atoms with van der Waals surface area (Å²) in [4.78, 5) is 32.9. The molecule has 0 aliphatic carbocycles.